The van der Waals surface area contributed by atoms with Crippen molar-refractivity contribution in [2.24, 2.45) is 0 Å². The second kappa shape index (κ2) is 3.51. The van der Waals surface area contributed by atoms with E-state index in [9.17, 15) is 4.57 Å². The molecule has 0 aliphatic heterocycles. The molecule has 0 amide bonds. The minimum absolute atomic E-state index is 1.08. The van der Waals surface area contributed by atoms with Gasteiger partial charge in [0.15, 0.2) is 0 Å². The molecule has 0 spiro atoms. The van der Waals surface area contributed by atoms with Gasteiger partial charge >= 0.3 is 6.80 Å². The second-order valence-corrected chi connectivity index (χ2v) is 5.42. The topological polar surface area (TPSA) is 35.5 Å². The Kier molecular flexibility index (Phi) is 3.73. The molecule has 0 unspecified atom stereocenters. The summed E-state index contributed by atoms with van der Waals surface area (Å²) in [6.07, 6.45) is 1.67. The van der Waals surface area contributed by atoms with Crippen molar-refractivity contribution < 1.29 is 13.6 Å². The Morgan fingerprint density at radius 3 is 1.75 bits per heavy atom. The second-order valence-electron chi connectivity index (χ2n) is 0.995. The van der Waals surface area contributed by atoms with Gasteiger partial charge in [0.05, 0.1) is 0 Å². The van der Waals surface area contributed by atoms with Crippen molar-refractivity contribution in [2.75, 3.05) is 20.5 Å². The normalized spacial score (nSPS) is 11.9. The van der Waals surface area contributed by atoms with Crippen molar-refractivity contribution >= 4 is 18.2 Å². The number of hydrogen-bond acceptors (Lipinski definition) is 4. The Hall–Kier alpha value is 0.500. The van der Waals surface area contributed by atoms with Gasteiger partial charge in [-0.3, -0.25) is 0 Å². The summed E-state index contributed by atoms with van der Waals surface area (Å²) in [5, 5.41) is 0. The maximum absolute atomic E-state index is 10.8. The first kappa shape index (κ1) is 8.50. The van der Waals surface area contributed by atoms with Crippen LogP contribution >= 0.6 is 18.2 Å². The molecule has 0 aromatic carbocycles. The quantitative estimate of drug-likeness (QED) is 0.583. The predicted octanol–water partition coefficient (Wildman–Crippen LogP) is 1.75. The van der Waals surface area contributed by atoms with Crippen LogP contribution in [0.2, 0.25) is 0 Å². The first-order valence-corrected chi connectivity index (χ1v) is 5.33. The fourth-order valence-electron chi connectivity index (χ4n) is 0.224. The molecule has 50 valence electrons. The van der Waals surface area contributed by atoms with Gasteiger partial charge in [0.2, 0.25) is 0 Å². The van der Waals surface area contributed by atoms with Crippen LogP contribution in [0.15, 0.2) is 0 Å². The highest BCUT2D eigenvalue weighted by Crippen LogP contribution is 2.57. The minimum Gasteiger partial charge on any atom is -0.304 e. The van der Waals surface area contributed by atoms with Gasteiger partial charge in [-0.05, 0) is 17.6 Å². The molecule has 0 bridgehead atoms. The highest BCUT2D eigenvalue weighted by Gasteiger charge is 2.17. The lowest BCUT2D eigenvalue weighted by atomic mass is 11.8. The van der Waals surface area contributed by atoms with E-state index in [1.165, 1.54) is 14.2 Å². The van der Waals surface area contributed by atoms with Crippen molar-refractivity contribution in [2.45, 2.75) is 0 Å². The average Bonchev–Trinajstić information content (AvgIpc) is 1.87. The van der Waals surface area contributed by atoms with Crippen molar-refractivity contribution in [3.05, 3.63) is 0 Å². The molecule has 0 rings (SSSR count). The molecule has 0 N–H and O–H groups in total. The van der Waals surface area contributed by atoms with Crippen LogP contribution in [0.3, 0.4) is 0 Å². The van der Waals surface area contributed by atoms with E-state index in [0.717, 1.165) is 11.4 Å². The minimum atomic E-state index is -2.75. The molecule has 0 aliphatic carbocycles. The molecular weight excluding hydrogens is 147 g/mol. The average molecular weight is 156 g/mol. The summed E-state index contributed by atoms with van der Waals surface area (Å²) in [7, 11) is 2.72. The highest BCUT2D eigenvalue weighted by atomic mass is 32.7. The third-order valence-electron chi connectivity index (χ3n) is 0.671. The van der Waals surface area contributed by atoms with E-state index in [1.807, 2.05) is 0 Å². The van der Waals surface area contributed by atoms with Crippen molar-refractivity contribution in [1.29, 1.82) is 0 Å². The van der Waals surface area contributed by atoms with Crippen LogP contribution < -0.4 is 0 Å². The summed E-state index contributed by atoms with van der Waals surface area (Å²) in [5.74, 6) is 0. The van der Waals surface area contributed by atoms with Gasteiger partial charge < -0.3 is 9.05 Å². The lowest BCUT2D eigenvalue weighted by Gasteiger charge is -2.07. The summed E-state index contributed by atoms with van der Waals surface area (Å²) in [6, 6.07) is 0. The zero-order valence-corrected chi connectivity index (χ0v) is 6.79. The Labute approximate surface area is 53.0 Å². The highest BCUT2D eigenvalue weighted by molar-refractivity contribution is 8.54. The molecule has 0 heterocycles. The largest absolute Gasteiger partial charge is 0.388 e. The smallest absolute Gasteiger partial charge is 0.304 e. The van der Waals surface area contributed by atoms with Gasteiger partial charge in [-0.25, -0.2) is 4.57 Å². The first-order chi connectivity index (χ1) is 3.68. The van der Waals surface area contributed by atoms with E-state index in [4.69, 9.17) is 0 Å². The van der Waals surface area contributed by atoms with Crippen molar-refractivity contribution in [1.82, 2.24) is 0 Å². The van der Waals surface area contributed by atoms with E-state index in [0.29, 0.717) is 0 Å². The summed E-state index contributed by atoms with van der Waals surface area (Å²) in [5.41, 5.74) is 0. The van der Waals surface area contributed by atoms with Crippen LogP contribution in [-0.4, -0.2) is 20.5 Å². The van der Waals surface area contributed by atoms with E-state index < -0.39 is 6.80 Å². The molecule has 0 atom stereocenters. The maximum Gasteiger partial charge on any atom is 0.388 e. The predicted molar refractivity (Wildman–Crippen MR) is 35.1 cm³/mol. The number of rotatable bonds is 3. The zero-order chi connectivity index (χ0) is 6.62. The van der Waals surface area contributed by atoms with Crippen molar-refractivity contribution in [3.8, 4) is 0 Å². The molecule has 0 aromatic heterocycles. The lowest BCUT2D eigenvalue weighted by Crippen LogP contribution is -1.80. The molecule has 0 saturated heterocycles. The summed E-state index contributed by atoms with van der Waals surface area (Å²) < 4.78 is 19.9. The van der Waals surface area contributed by atoms with Gasteiger partial charge in [0.1, 0.15) is 0 Å². The number of hydrogen-bond donors (Lipinski definition) is 0. The molecule has 0 aromatic rings. The van der Waals surface area contributed by atoms with E-state index in [-0.39, 0.29) is 0 Å². The maximum atomic E-state index is 10.8. The Morgan fingerprint density at radius 2 is 1.75 bits per heavy atom. The lowest BCUT2D eigenvalue weighted by molar-refractivity contribution is 0.295. The van der Waals surface area contributed by atoms with Gasteiger partial charge in [-0.2, -0.15) is 0 Å². The fraction of sp³-hybridized carbons (Fsp3) is 1.00. The van der Waals surface area contributed by atoms with Gasteiger partial charge in [0, 0.05) is 14.2 Å². The van der Waals surface area contributed by atoms with Crippen LogP contribution in [0.5, 0.6) is 0 Å². The van der Waals surface area contributed by atoms with Crippen LogP contribution in [0, 0.1) is 0 Å². The van der Waals surface area contributed by atoms with Crippen LogP contribution in [-0.2, 0) is 13.6 Å². The van der Waals surface area contributed by atoms with E-state index >= 15 is 0 Å². The molecule has 5 heteroatoms. The summed E-state index contributed by atoms with van der Waals surface area (Å²) in [6.45, 7) is -2.75. The molecule has 0 radical (unpaired) electrons. The zero-order valence-electron chi connectivity index (χ0n) is 5.08. The van der Waals surface area contributed by atoms with Crippen LogP contribution in [0.25, 0.3) is 0 Å². The Bertz CT molecular complexity index is 85.7. The molecular formula is C3H9O3PS. The molecule has 0 fully saturated rings. The molecule has 0 saturated carbocycles. The summed E-state index contributed by atoms with van der Waals surface area (Å²) >= 11 is 1.08. The summed E-state index contributed by atoms with van der Waals surface area (Å²) in [4.78, 5) is 0. The van der Waals surface area contributed by atoms with Gasteiger partial charge in [-0.1, -0.05) is 0 Å². The van der Waals surface area contributed by atoms with Gasteiger partial charge in [-0.15, -0.1) is 0 Å². The standard InChI is InChI=1S/C3H9O3PS/c1-5-7(4,6-2)8-3/h1-3H3. The SMILES string of the molecule is COP(=O)(OC)SC. The van der Waals surface area contributed by atoms with Crippen LogP contribution in [0.4, 0.5) is 0 Å². The monoisotopic (exact) mass is 156 g/mol. The van der Waals surface area contributed by atoms with Crippen LogP contribution in [0.1, 0.15) is 0 Å². The van der Waals surface area contributed by atoms with Crippen molar-refractivity contribution in [3.63, 3.8) is 0 Å². The molecule has 0 aliphatic rings. The Balaban J connectivity index is 3.79. The fourth-order valence-corrected chi connectivity index (χ4v) is 1.57. The third kappa shape index (κ3) is 2.18. The molecule has 8 heavy (non-hydrogen) atoms. The molecule has 3 nitrogen and oxygen atoms in total. The third-order valence-corrected chi connectivity index (χ3v) is 4.25. The van der Waals surface area contributed by atoms with Gasteiger partial charge in [0.25, 0.3) is 0 Å². The Morgan fingerprint density at radius 1 is 1.38 bits per heavy atom. The van der Waals surface area contributed by atoms with E-state index in [1.54, 1.807) is 6.26 Å². The van der Waals surface area contributed by atoms with E-state index in [2.05, 4.69) is 9.05 Å². The first-order valence-electron chi connectivity index (χ1n) is 1.96.